The van der Waals surface area contributed by atoms with E-state index >= 15 is 0 Å². The number of amides is 1. The summed E-state index contributed by atoms with van der Waals surface area (Å²) in [7, 11) is 1.67. The van der Waals surface area contributed by atoms with Crippen molar-refractivity contribution in [2.45, 2.75) is 32.8 Å². The molecule has 7 heteroatoms. The molecule has 1 amide bonds. The van der Waals surface area contributed by atoms with Gasteiger partial charge in [0.2, 0.25) is 0 Å². The van der Waals surface area contributed by atoms with Crippen molar-refractivity contribution in [2.24, 2.45) is 7.05 Å². The molecule has 0 spiro atoms. The molecule has 20 heavy (non-hydrogen) atoms. The summed E-state index contributed by atoms with van der Waals surface area (Å²) in [5.41, 5.74) is -0.671. The molecular weight excluding hydrogens is 260 g/mol. The highest BCUT2D eigenvalue weighted by molar-refractivity contribution is 5.67. The fourth-order valence-corrected chi connectivity index (χ4v) is 1.42. The first-order chi connectivity index (χ1) is 9.29. The molecule has 0 aliphatic carbocycles. The molecule has 0 radical (unpaired) electrons. The summed E-state index contributed by atoms with van der Waals surface area (Å²) < 4.78 is 6.55. The Balaban J connectivity index is 2.24. The van der Waals surface area contributed by atoms with Gasteiger partial charge < -0.3 is 19.9 Å². The van der Waals surface area contributed by atoms with Crippen molar-refractivity contribution in [3.63, 3.8) is 0 Å². The summed E-state index contributed by atoms with van der Waals surface area (Å²) in [5.74, 6) is 0.312. The molecule has 1 rings (SSSR count). The van der Waals surface area contributed by atoms with Gasteiger partial charge >= 0.3 is 6.09 Å². The molecule has 0 fully saturated rings. The number of nitrogens with zero attached hydrogens (tertiary/aromatic N) is 2. The van der Waals surface area contributed by atoms with Gasteiger partial charge in [-0.3, -0.25) is 4.79 Å². The Kier molecular flexibility index (Phi) is 5.54. The van der Waals surface area contributed by atoms with Crippen molar-refractivity contribution in [1.29, 1.82) is 0 Å². The van der Waals surface area contributed by atoms with E-state index < -0.39 is 11.7 Å². The van der Waals surface area contributed by atoms with Gasteiger partial charge in [0.25, 0.3) is 5.56 Å². The Hall–Kier alpha value is -2.05. The SMILES string of the molecule is Cn1ccnc(NCCCNC(=O)OC(C)(C)C)c1=O. The average Bonchev–Trinajstić information content (AvgIpc) is 2.31. The lowest BCUT2D eigenvalue weighted by Crippen LogP contribution is -2.33. The van der Waals surface area contributed by atoms with E-state index in [4.69, 9.17) is 4.74 Å². The fourth-order valence-electron chi connectivity index (χ4n) is 1.42. The number of rotatable bonds is 5. The number of nitrogens with one attached hydrogen (secondary N) is 2. The van der Waals surface area contributed by atoms with Gasteiger partial charge in [0, 0.05) is 32.5 Å². The van der Waals surface area contributed by atoms with Gasteiger partial charge in [-0.25, -0.2) is 9.78 Å². The van der Waals surface area contributed by atoms with E-state index in [-0.39, 0.29) is 5.56 Å². The maximum Gasteiger partial charge on any atom is 0.407 e. The summed E-state index contributed by atoms with van der Waals surface area (Å²) >= 11 is 0. The zero-order valence-corrected chi connectivity index (χ0v) is 12.4. The van der Waals surface area contributed by atoms with Crippen molar-refractivity contribution < 1.29 is 9.53 Å². The van der Waals surface area contributed by atoms with Crippen molar-refractivity contribution in [3.05, 3.63) is 22.7 Å². The highest BCUT2D eigenvalue weighted by atomic mass is 16.6. The predicted molar refractivity (Wildman–Crippen MR) is 76.8 cm³/mol. The largest absolute Gasteiger partial charge is 0.444 e. The van der Waals surface area contributed by atoms with E-state index in [9.17, 15) is 9.59 Å². The van der Waals surface area contributed by atoms with Crippen molar-refractivity contribution in [3.8, 4) is 0 Å². The number of hydrogen-bond acceptors (Lipinski definition) is 5. The van der Waals surface area contributed by atoms with Gasteiger partial charge in [-0.15, -0.1) is 0 Å². The van der Waals surface area contributed by atoms with Gasteiger partial charge in [-0.05, 0) is 27.2 Å². The summed E-state index contributed by atoms with van der Waals surface area (Å²) in [4.78, 5) is 27.0. The van der Waals surface area contributed by atoms with E-state index in [1.807, 2.05) is 20.8 Å². The van der Waals surface area contributed by atoms with Crippen LogP contribution in [0.3, 0.4) is 0 Å². The topological polar surface area (TPSA) is 85.2 Å². The second kappa shape index (κ2) is 6.93. The van der Waals surface area contributed by atoms with Crippen LogP contribution in [-0.2, 0) is 11.8 Å². The summed E-state index contributed by atoms with van der Waals surface area (Å²) in [6.07, 6.45) is 3.38. The van der Waals surface area contributed by atoms with Crippen LogP contribution >= 0.6 is 0 Å². The molecule has 0 saturated carbocycles. The third kappa shape index (κ3) is 5.73. The molecule has 0 aliphatic rings. The molecule has 7 nitrogen and oxygen atoms in total. The molecule has 0 unspecified atom stereocenters. The molecule has 1 heterocycles. The number of alkyl carbamates (subject to hydrolysis) is 1. The van der Waals surface area contributed by atoms with Crippen LogP contribution < -0.4 is 16.2 Å². The van der Waals surface area contributed by atoms with Gasteiger partial charge in [-0.1, -0.05) is 0 Å². The molecule has 112 valence electrons. The second-order valence-electron chi connectivity index (χ2n) is 5.40. The summed E-state index contributed by atoms with van der Waals surface area (Å²) in [6, 6.07) is 0. The second-order valence-corrected chi connectivity index (χ2v) is 5.40. The Labute approximate surface area is 118 Å². The standard InChI is InChI=1S/C13H22N4O3/c1-13(2,3)20-12(19)16-7-5-6-14-10-11(18)17(4)9-8-15-10/h8-9H,5-7H2,1-4H3,(H,14,15)(H,16,19). The zero-order chi connectivity index (χ0) is 15.2. The Bertz CT molecular complexity index is 505. The Morgan fingerprint density at radius 1 is 1.40 bits per heavy atom. The molecule has 1 aromatic heterocycles. The number of anilines is 1. The van der Waals surface area contributed by atoms with Gasteiger partial charge in [0.1, 0.15) is 5.60 Å². The van der Waals surface area contributed by atoms with Crippen LogP contribution in [0.2, 0.25) is 0 Å². The summed E-state index contributed by atoms with van der Waals surface area (Å²) in [5, 5.41) is 5.59. The molecule has 0 bridgehead atoms. The number of aryl methyl sites for hydroxylation is 1. The Morgan fingerprint density at radius 3 is 2.75 bits per heavy atom. The van der Waals surface area contributed by atoms with Crippen LogP contribution in [0, 0.1) is 0 Å². The predicted octanol–water partition coefficient (Wildman–Crippen LogP) is 1.11. The monoisotopic (exact) mass is 282 g/mol. The Morgan fingerprint density at radius 2 is 2.10 bits per heavy atom. The third-order valence-electron chi connectivity index (χ3n) is 2.33. The molecule has 0 atom stereocenters. The van der Waals surface area contributed by atoms with Crippen molar-refractivity contribution >= 4 is 11.9 Å². The van der Waals surface area contributed by atoms with Gasteiger partial charge in [0.15, 0.2) is 5.82 Å². The molecule has 0 saturated heterocycles. The van der Waals surface area contributed by atoms with Crippen LogP contribution in [0.1, 0.15) is 27.2 Å². The number of aromatic nitrogens is 2. The maximum atomic E-state index is 11.6. The molecule has 0 aliphatic heterocycles. The van der Waals surface area contributed by atoms with Crippen LogP contribution in [0.25, 0.3) is 0 Å². The first-order valence-electron chi connectivity index (χ1n) is 6.52. The van der Waals surface area contributed by atoms with Gasteiger partial charge in [-0.2, -0.15) is 0 Å². The van der Waals surface area contributed by atoms with E-state index in [1.54, 1.807) is 19.4 Å². The third-order valence-corrected chi connectivity index (χ3v) is 2.33. The molecule has 2 N–H and O–H groups in total. The quantitative estimate of drug-likeness (QED) is 0.790. The maximum absolute atomic E-state index is 11.6. The first kappa shape index (κ1) is 16.0. The van der Waals surface area contributed by atoms with Crippen LogP contribution in [0.5, 0.6) is 0 Å². The fraction of sp³-hybridized carbons (Fsp3) is 0.615. The zero-order valence-electron chi connectivity index (χ0n) is 12.4. The number of hydrogen-bond donors (Lipinski definition) is 2. The highest BCUT2D eigenvalue weighted by Crippen LogP contribution is 2.06. The first-order valence-corrected chi connectivity index (χ1v) is 6.52. The van der Waals surface area contributed by atoms with Crippen LogP contribution in [0.4, 0.5) is 10.6 Å². The lowest BCUT2D eigenvalue weighted by Gasteiger charge is -2.19. The van der Waals surface area contributed by atoms with Crippen molar-refractivity contribution in [2.75, 3.05) is 18.4 Å². The van der Waals surface area contributed by atoms with E-state index in [0.717, 1.165) is 0 Å². The lowest BCUT2D eigenvalue weighted by molar-refractivity contribution is 0.0528. The van der Waals surface area contributed by atoms with Crippen LogP contribution in [0.15, 0.2) is 17.2 Å². The minimum Gasteiger partial charge on any atom is -0.444 e. The molecule has 0 aromatic carbocycles. The van der Waals surface area contributed by atoms with Crippen LogP contribution in [-0.4, -0.2) is 34.3 Å². The number of carbonyl (C=O) groups excluding carboxylic acids is 1. The number of ether oxygens (including phenoxy) is 1. The lowest BCUT2D eigenvalue weighted by atomic mass is 10.2. The minimum absolute atomic E-state index is 0.174. The van der Waals surface area contributed by atoms with Gasteiger partial charge in [0.05, 0.1) is 0 Å². The summed E-state index contributed by atoms with van der Waals surface area (Å²) in [6.45, 7) is 6.44. The van der Waals surface area contributed by atoms with E-state index in [0.29, 0.717) is 25.3 Å². The minimum atomic E-state index is -0.498. The average molecular weight is 282 g/mol. The van der Waals surface area contributed by atoms with E-state index in [1.165, 1.54) is 4.57 Å². The number of carbonyl (C=O) groups is 1. The smallest absolute Gasteiger partial charge is 0.407 e. The normalized spacial score (nSPS) is 11.0. The molecule has 1 aromatic rings. The molecular formula is C13H22N4O3. The van der Waals surface area contributed by atoms with E-state index in [2.05, 4.69) is 15.6 Å². The highest BCUT2D eigenvalue weighted by Gasteiger charge is 2.15. The van der Waals surface area contributed by atoms with Crippen molar-refractivity contribution in [1.82, 2.24) is 14.9 Å².